The molecule has 0 aliphatic heterocycles. The molecule has 0 spiro atoms. The highest BCUT2D eigenvalue weighted by Crippen LogP contribution is 2.38. The van der Waals surface area contributed by atoms with Gasteiger partial charge in [-0.05, 0) is 30.4 Å². The third-order valence-corrected chi connectivity index (χ3v) is 4.31. The molecule has 1 saturated carbocycles. The van der Waals surface area contributed by atoms with Crippen molar-refractivity contribution in [3.05, 3.63) is 52.2 Å². The topological polar surface area (TPSA) is 24.9 Å². The SMILES string of the molecule is Fc1ccccc1C1CC(NCc2cncs2)C1. The van der Waals surface area contributed by atoms with E-state index in [-0.39, 0.29) is 5.82 Å². The van der Waals surface area contributed by atoms with Crippen molar-refractivity contribution in [2.45, 2.75) is 31.3 Å². The highest BCUT2D eigenvalue weighted by molar-refractivity contribution is 7.09. The van der Waals surface area contributed by atoms with Gasteiger partial charge in [-0.15, -0.1) is 11.3 Å². The van der Waals surface area contributed by atoms with Crippen LogP contribution in [0.1, 0.15) is 29.2 Å². The van der Waals surface area contributed by atoms with Gasteiger partial charge >= 0.3 is 0 Å². The van der Waals surface area contributed by atoms with E-state index >= 15 is 0 Å². The van der Waals surface area contributed by atoms with Crippen molar-refractivity contribution in [3.8, 4) is 0 Å². The molecule has 4 heteroatoms. The molecule has 0 amide bonds. The third-order valence-electron chi connectivity index (χ3n) is 3.53. The Morgan fingerprint density at radius 2 is 2.17 bits per heavy atom. The van der Waals surface area contributed by atoms with Crippen molar-refractivity contribution in [2.75, 3.05) is 0 Å². The smallest absolute Gasteiger partial charge is 0.126 e. The number of halogens is 1. The molecule has 1 aromatic carbocycles. The molecule has 0 atom stereocenters. The summed E-state index contributed by atoms with van der Waals surface area (Å²) >= 11 is 1.67. The summed E-state index contributed by atoms with van der Waals surface area (Å²) < 4.78 is 13.6. The fourth-order valence-corrected chi connectivity index (χ4v) is 2.96. The van der Waals surface area contributed by atoms with Crippen molar-refractivity contribution in [3.63, 3.8) is 0 Å². The van der Waals surface area contributed by atoms with Gasteiger partial charge < -0.3 is 5.32 Å². The Morgan fingerprint density at radius 3 is 2.89 bits per heavy atom. The minimum absolute atomic E-state index is 0.0663. The Kier molecular flexibility index (Phi) is 3.39. The fourth-order valence-electron chi connectivity index (χ4n) is 2.42. The van der Waals surface area contributed by atoms with E-state index in [2.05, 4.69) is 10.3 Å². The lowest BCUT2D eigenvalue weighted by Gasteiger charge is -2.36. The molecule has 0 bridgehead atoms. The van der Waals surface area contributed by atoms with E-state index < -0.39 is 0 Å². The van der Waals surface area contributed by atoms with E-state index in [1.165, 1.54) is 4.88 Å². The summed E-state index contributed by atoms with van der Waals surface area (Å²) in [6, 6.07) is 7.62. The maximum absolute atomic E-state index is 13.6. The van der Waals surface area contributed by atoms with Gasteiger partial charge in [-0.2, -0.15) is 0 Å². The molecule has 1 aliphatic rings. The van der Waals surface area contributed by atoms with E-state index in [0.29, 0.717) is 12.0 Å². The second-order valence-electron chi connectivity index (χ2n) is 4.74. The van der Waals surface area contributed by atoms with Crippen molar-refractivity contribution < 1.29 is 4.39 Å². The normalized spacial score (nSPS) is 22.7. The Labute approximate surface area is 110 Å². The number of aromatic nitrogens is 1. The molecule has 1 fully saturated rings. The molecular weight excluding hydrogens is 247 g/mol. The molecule has 94 valence electrons. The van der Waals surface area contributed by atoms with E-state index in [4.69, 9.17) is 0 Å². The number of benzene rings is 1. The minimum atomic E-state index is -0.0663. The highest BCUT2D eigenvalue weighted by Gasteiger charge is 2.31. The van der Waals surface area contributed by atoms with Crippen LogP contribution in [0.4, 0.5) is 4.39 Å². The van der Waals surface area contributed by atoms with Crippen LogP contribution < -0.4 is 5.32 Å². The molecule has 1 heterocycles. The first-order valence-corrected chi connectivity index (χ1v) is 7.06. The van der Waals surface area contributed by atoms with Crippen molar-refractivity contribution in [1.82, 2.24) is 10.3 Å². The van der Waals surface area contributed by atoms with Gasteiger partial charge in [0.05, 0.1) is 5.51 Å². The second kappa shape index (κ2) is 5.16. The molecule has 18 heavy (non-hydrogen) atoms. The number of hydrogen-bond acceptors (Lipinski definition) is 3. The summed E-state index contributed by atoms with van der Waals surface area (Å²) in [5, 5.41) is 3.49. The van der Waals surface area contributed by atoms with Crippen molar-refractivity contribution >= 4 is 11.3 Å². The standard InChI is InChI=1S/C14H15FN2S/c15-14-4-2-1-3-13(14)10-5-11(6-10)17-8-12-7-16-9-18-12/h1-4,7,9-11,17H,5-6,8H2. The van der Waals surface area contributed by atoms with Gasteiger partial charge in [0.15, 0.2) is 0 Å². The quantitative estimate of drug-likeness (QED) is 0.914. The zero-order chi connectivity index (χ0) is 12.4. The first-order chi connectivity index (χ1) is 8.83. The first kappa shape index (κ1) is 11.8. The molecule has 1 aromatic heterocycles. The molecule has 1 N–H and O–H groups in total. The van der Waals surface area contributed by atoms with Crippen LogP contribution in [0.15, 0.2) is 36.0 Å². The van der Waals surface area contributed by atoms with Gasteiger partial charge in [-0.3, -0.25) is 4.98 Å². The molecular formula is C14H15FN2S. The molecule has 2 aromatic rings. The summed E-state index contributed by atoms with van der Waals surface area (Å²) in [6.07, 6.45) is 3.95. The van der Waals surface area contributed by atoms with Crippen LogP contribution in [0.25, 0.3) is 0 Å². The maximum atomic E-state index is 13.6. The molecule has 0 radical (unpaired) electrons. The van der Waals surface area contributed by atoms with Crippen LogP contribution in [0.2, 0.25) is 0 Å². The zero-order valence-corrected chi connectivity index (χ0v) is 10.8. The number of nitrogens with one attached hydrogen (secondary N) is 1. The van der Waals surface area contributed by atoms with Crippen LogP contribution in [0.3, 0.4) is 0 Å². The van der Waals surface area contributed by atoms with Crippen molar-refractivity contribution in [2.24, 2.45) is 0 Å². The van der Waals surface area contributed by atoms with Gasteiger partial charge in [0.1, 0.15) is 5.82 Å². The lowest BCUT2D eigenvalue weighted by Crippen LogP contribution is -2.39. The Morgan fingerprint density at radius 1 is 1.33 bits per heavy atom. The Hall–Kier alpha value is -1.26. The number of hydrogen-bond donors (Lipinski definition) is 1. The molecule has 0 saturated heterocycles. The molecule has 2 nitrogen and oxygen atoms in total. The summed E-state index contributed by atoms with van der Waals surface area (Å²) in [4.78, 5) is 5.30. The Balaban J connectivity index is 1.50. The van der Waals surface area contributed by atoms with Crippen LogP contribution >= 0.6 is 11.3 Å². The number of thiazole rings is 1. The Bertz CT molecular complexity index is 506. The third kappa shape index (κ3) is 2.44. The average molecular weight is 262 g/mol. The molecule has 1 aliphatic carbocycles. The minimum Gasteiger partial charge on any atom is -0.309 e. The molecule has 3 rings (SSSR count). The largest absolute Gasteiger partial charge is 0.309 e. The van der Waals surface area contributed by atoms with E-state index in [9.17, 15) is 4.39 Å². The summed E-state index contributed by atoms with van der Waals surface area (Å²) in [6.45, 7) is 0.874. The maximum Gasteiger partial charge on any atom is 0.126 e. The fraction of sp³-hybridized carbons (Fsp3) is 0.357. The monoisotopic (exact) mass is 262 g/mol. The number of rotatable bonds is 4. The van der Waals surface area contributed by atoms with E-state index in [0.717, 1.165) is 24.9 Å². The summed E-state index contributed by atoms with van der Waals surface area (Å²) in [7, 11) is 0. The average Bonchev–Trinajstić information content (AvgIpc) is 2.82. The van der Waals surface area contributed by atoms with Crippen LogP contribution in [0.5, 0.6) is 0 Å². The van der Waals surface area contributed by atoms with Crippen LogP contribution in [-0.4, -0.2) is 11.0 Å². The van der Waals surface area contributed by atoms with Gasteiger partial charge in [0, 0.05) is 23.7 Å². The van der Waals surface area contributed by atoms with Gasteiger partial charge in [-0.1, -0.05) is 18.2 Å². The van der Waals surface area contributed by atoms with Gasteiger partial charge in [-0.25, -0.2) is 4.39 Å². The van der Waals surface area contributed by atoms with E-state index in [1.807, 2.05) is 23.8 Å². The second-order valence-corrected chi connectivity index (χ2v) is 5.71. The van der Waals surface area contributed by atoms with Gasteiger partial charge in [0.25, 0.3) is 0 Å². The molecule has 0 unspecified atom stereocenters. The predicted molar refractivity (Wildman–Crippen MR) is 71.1 cm³/mol. The lowest BCUT2D eigenvalue weighted by molar-refractivity contribution is 0.284. The number of nitrogens with zero attached hydrogens (tertiary/aromatic N) is 1. The first-order valence-electron chi connectivity index (χ1n) is 6.18. The predicted octanol–water partition coefficient (Wildman–Crippen LogP) is 3.32. The summed E-state index contributed by atoms with van der Waals surface area (Å²) in [5.74, 6) is 0.313. The lowest BCUT2D eigenvalue weighted by atomic mass is 9.75. The highest BCUT2D eigenvalue weighted by atomic mass is 32.1. The van der Waals surface area contributed by atoms with E-state index in [1.54, 1.807) is 23.5 Å². The summed E-state index contributed by atoms with van der Waals surface area (Å²) in [5.41, 5.74) is 2.72. The van der Waals surface area contributed by atoms with Crippen molar-refractivity contribution in [1.29, 1.82) is 0 Å². The van der Waals surface area contributed by atoms with Crippen LogP contribution in [0, 0.1) is 5.82 Å². The van der Waals surface area contributed by atoms with Gasteiger partial charge in [0.2, 0.25) is 0 Å². The zero-order valence-electron chi connectivity index (χ0n) is 9.97. The van der Waals surface area contributed by atoms with Crippen LogP contribution in [-0.2, 0) is 6.54 Å².